The molecule has 1 aliphatic rings. The minimum atomic E-state index is -0.466. The minimum Gasteiger partial charge on any atom is -0.504 e. The van der Waals surface area contributed by atoms with Crippen LogP contribution >= 0.6 is 12.2 Å². The second kappa shape index (κ2) is 6.87. The molecule has 0 bridgehead atoms. The number of allylic oxidation sites excluding steroid dienone is 1. The van der Waals surface area contributed by atoms with Crippen molar-refractivity contribution in [3.05, 3.63) is 35.0 Å². The Bertz CT molecular complexity index is 672. The maximum atomic E-state index is 12.4. The number of aromatic hydroxyl groups is 1. The topological polar surface area (TPSA) is 71.0 Å². The first-order chi connectivity index (χ1) is 10.9. The molecule has 0 aliphatic carbocycles. The van der Waals surface area contributed by atoms with Gasteiger partial charge in [0.05, 0.1) is 25.3 Å². The highest BCUT2D eigenvalue weighted by molar-refractivity contribution is 7.80. The largest absolute Gasteiger partial charge is 0.504 e. The summed E-state index contributed by atoms with van der Waals surface area (Å²) in [6.07, 6.45) is 0. The maximum absolute atomic E-state index is 12.4. The van der Waals surface area contributed by atoms with Gasteiger partial charge in [0.15, 0.2) is 16.6 Å². The summed E-state index contributed by atoms with van der Waals surface area (Å²) >= 11 is 5.32. The van der Waals surface area contributed by atoms with Crippen LogP contribution in [0.15, 0.2) is 29.5 Å². The summed E-state index contributed by atoms with van der Waals surface area (Å²) < 4.78 is 10.3. The molecule has 23 heavy (non-hydrogen) atoms. The predicted molar refractivity (Wildman–Crippen MR) is 90.2 cm³/mol. The summed E-state index contributed by atoms with van der Waals surface area (Å²) in [5.74, 6) is -0.0379. The zero-order chi connectivity index (χ0) is 17.1. The lowest BCUT2D eigenvalue weighted by atomic mass is 9.95. The number of ether oxygens (including phenoxy) is 2. The molecule has 0 saturated carbocycles. The van der Waals surface area contributed by atoms with E-state index in [1.165, 1.54) is 13.2 Å². The first-order valence-electron chi connectivity index (χ1n) is 7.19. The molecule has 6 nitrogen and oxygen atoms in total. The lowest BCUT2D eigenvalue weighted by Gasteiger charge is -2.35. The van der Waals surface area contributed by atoms with Crippen LogP contribution in [-0.2, 0) is 9.53 Å². The van der Waals surface area contributed by atoms with Crippen LogP contribution in [0.5, 0.6) is 11.5 Å². The SMILES string of the molecule is CCOC(=O)C1=C(C)N(C)C(=S)NC1c1ccc(O)c(OC)c1. The van der Waals surface area contributed by atoms with Crippen molar-refractivity contribution in [2.75, 3.05) is 20.8 Å². The molecule has 124 valence electrons. The van der Waals surface area contributed by atoms with E-state index in [4.69, 9.17) is 21.7 Å². The Balaban J connectivity index is 2.53. The van der Waals surface area contributed by atoms with Crippen molar-refractivity contribution >= 4 is 23.3 Å². The Morgan fingerprint density at radius 3 is 2.78 bits per heavy atom. The smallest absolute Gasteiger partial charge is 0.338 e. The molecule has 1 unspecified atom stereocenters. The second-order valence-corrected chi connectivity index (χ2v) is 5.48. The molecule has 2 rings (SSSR count). The summed E-state index contributed by atoms with van der Waals surface area (Å²) in [7, 11) is 3.26. The van der Waals surface area contributed by atoms with Crippen LogP contribution in [-0.4, -0.2) is 41.9 Å². The molecule has 0 fully saturated rings. The zero-order valence-electron chi connectivity index (χ0n) is 13.5. The summed E-state index contributed by atoms with van der Waals surface area (Å²) in [5.41, 5.74) is 1.96. The fraction of sp³-hybridized carbons (Fsp3) is 0.375. The molecule has 7 heteroatoms. The lowest BCUT2D eigenvalue weighted by Crippen LogP contribution is -2.46. The first kappa shape index (κ1) is 17.1. The molecule has 0 spiro atoms. The van der Waals surface area contributed by atoms with E-state index >= 15 is 0 Å². The van der Waals surface area contributed by atoms with Crippen LogP contribution in [0.4, 0.5) is 0 Å². The number of carbonyl (C=O) groups is 1. The van der Waals surface area contributed by atoms with E-state index in [0.717, 1.165) is 11.3 Å². The molecule has 1 heterocycles. The van der Waals surface area contributed by atoms with E-state index in [9.17, 15) is 9.90 Å². The van der Waals surface area contributed by atoms with Gasteiger partial charge in [0.1, 0.15) is 0 Å². The average Bonchev–Trinajstić information content (AvgIpc) is 2.53. The van der Waals surface area contributed by atoms with Gasteiger partial charge in [-0.15, -0.1) is 0 Å². The highest BCUT2D eigenvalue weighted by atomic mass is 32.1. The van der Waals surface area contributed by atoms with Gasteiger partial charge in [-0.25, -0.2) is 4.79 Å². The van der Waals surface area contributed by atoms with Crippen LogP contribution in [0, 0.1) is 0 Å². The Labute approximate surface area is 140 Å². The Morgan fingerprint density at radius 1 is 1.48 bits per heavy atom. The van der Waals surface area contributed by atoms with Crippen LogP contribution in [0.2, 0.25) is 0 Å². The van der Waals surface area contributed by atoms with Gasteiger partial charge in [-0.1, -0.05) is 6.07 Å². The molecular weight excluding hydrogens is 316 g/mol. The summed E-state index contributed by atoms with van der Waals surface area (Å²) in [6, 6.07) is 4.45. The van der Waals surface area contributed by atoms with Gasteiger partial charge in [-0.2, -0.15) is 0 Å². The molecule has 0 aromatic heterocycles. The minimum absolute atomic E-state index is 0.0325. The van der Waals surface area contributed by atoms with Crippen molar-refractivity contribution in [1.29, 1.82) is 0 Å². The number of methoxy groups -OCH3 is 1. The Hall–Kier alpha value is -2.28. The van der Waals surface area contributed by atoms with Crippen LogP contribution in [0.3, 0.4) is 0 Å². The van der Waals surface area contributed by atoms with E-state index in [0.29, 0.717) is 16.4 Å². The van der Waals surface area contributed by atoms with Gasteiger partial charge >= 0.3 is 5.97 Å². The van der Waals surface area contributed by atoms with Crippen molar-refractivity contribution in [2.45, 2.75) is 19.9 Å². The molecule has 0 saturated heterocycles. The lowest BCUT2D eigenvalue weighted by molar-refractivity contribution is -0.139. The fourth-order valence-electron chi connectivity index (χ4n) is 2.43. The molecule has 1 atom stereocenters. The number of carbonyl (C=O) groups excluding carboxylic acids is 1. The third-order valence-electron chi connectivity index (χ3n) is 3.79. The molecule has 1 aromatic rings. The van der Waals surface area contributed by atoms with E-state index < -0.39 is 12.0 Å². The molecule has 2 N–H and O–H groups in total. The van der Waals surface area contributed by atoms with Crippen LogP contribution in [0.25, 0.3) is 0 Å². The summed E-state index contributed by atoms with van der Waals surface area (Å²) in [6.45, 7) is 3.87. The molecule has 0 amide bonds. The average molecular weight is 336 g/mol. The normalized spacial score (nSPS) is 17.8. The van der Waals surface area contributed by atoms with E-state index in [2.05, 4.69) is 5.32 Å². The molecule has 1 aromatic carbocycles. The third-order valence-corrected chi connectivity index (χ3v) is 4.18. The fourth-order valence-corrected chi connectivity index (χ4v) is 2.69. The van der Waals surface area contributed by atoms with Crippen molar-refractivity contribution in [1.82, 2.24) is 10.2 Å². The monoisotopic (exact) mass is 336 g/mol. The quantitative estimate of drug-likeness (QED) is 0.644. The van der Waals surface area contributed by atoms with Gasteiger partial charge in [-0.05, 0) is 43.8 Å². The number of esters is 1. The highest BCUT2D eigenvalue weighted by Gasteiger charge is 2.33. The number of phenols is 1. The number of rotatable bonds is 4. The zero-order valence-corrected chi connectivity index (χ0v) is 14.4. The number of benzene rings is 1. The highest BCUT2D eigenvalue weighted by Crippen LogP contribution is 2.35. The second-order valence-electron chi connectivity index (χ2n) is 5.09. The van der Waals surface area contributed by atoms with Gasteiger partial charge < -0.3 is 24.8 Å². The Kier molecular flexibility index (Phi) is 5.10. The van der Waals surface area contributed by atoms with Crippen molar-refractivity contribution in [3.8, 4) is 11.5 Å². The number of thiocarbonyl (C=S) groups is 1. The number of nitrogens with one attached hydrogen (secondary N) is 1. The maximum Gasteiger partial charge on any atom is 0.338 e. The van der Waals surface area contributed by atoms with Crippen molar-refractivity contribution in [2.24, 2.45) is 0 Å². The number of hydrogen-bond acceptors (Lipinski definition) is 5. The predicted octanol–water partition coefficient (Wildman–Crippen LogP) is 2.10. The van der Waals surface area contributed by atoms with Crippen LogP contribution in [0.1, 0.15) is 25.5 Å². The van der Waals surface area contributed by atoms with Crippen molar-refractivity contribution < 1.29 is 19.4 Å². The third kappa shape index (κ3) is 3.24. The molecule has 0 radical (unpaired) electrons. The summed E-state index contributed by atoms with van der Waals surface area (Å²) in [5, 5.41) is 13.4. The van der Waals surface area contributed by atoms with Crippen LogP contribution < -0.4 is 10.1 Å². The van der Waals surface area contributed by atoms with Crippen molar-refractivity contribution in [3.63, 3.8) is 0 Å². The first-order valence-corrected chi connectivity index (χ1v) is 7.60. The van der Waals surface area contributed by atoms with E-state index in [1.807, 2.05) is 6.92 Å². The number of hydrogen-bond donors (Lipinski definition) is 2. The standard InChI is InChI=1S/C16H20N2O4S/c1-5-22-15(20)13-9(2)18(3)16(23)17-14(13)10-6-7-11(19)12(8-10)21-4/h6-8,14,19H,5H2,1-4H3,(H,17,23). The Morgan fingerprint density at radius 2 is 2.17 bits per heavy atom. The molecule has 1 aliphatic heterocycles. The van der Waals surface area contributed by atoms with E-state index in [1.54, 1.807) is 31.0 Å². The van der Waals surface area contributed by atoms with E-state index in [-0.39, 0.29) is 12.4 Å². The molecular formula is C16H20N2O4S. The van der Waals surface area contributed by atoms with Gasteiger partial charge in [0.25, 0.3) is 0 Å². The number of nitrogens with zero attached hydrogens (tertiary/aromatic N) is 1. The van der Waals surface area contributed by atoms with Gasteiger partial charge in [0, 0.05) is 12.7 Å². The number of phenolic OH excluding ortho intramolecular Hbond substituents is 1. The van der Waals surface area contributed by atoms with Gasteiger partial charge in [0.2, 0.25) is 0 Å². The van der Waals surface area contributed by atoms with Gasteiger partial charge in [-0.3, -0.25) is 0 Å². The summed E-state index contributed by atoms with van der Waals surface area (Å²) in [4.78, 5) is 14.1.